The first-order chi connectivity index (χ1) is 9.88. The Kier molecular flexibility index (Phi) is 5.00. The average Bonchev–Trinajstić information content (AvgIpc) is 2.73. The number of hydrogen-bond acceptors (Lipinski definition) is 6. The van der Waals surface area contributed by atoms with Crippen LogP contribution in [-0.2, 0) is 0 Å². The molecule has 0 unspecified atom stereocenters. The number of nitrogen functional groups attached to an aromatic ring is 1. The average molecular weight is 307 g/mol. The number of hydrogen-bond donors (Lipinski definition) is 2. The molecule has 0 saturated heterocycles. The van der Waals surface area contributed by atoms with E-state index in [9.17, 15) is 0 Å². The Bertz CT molecular complexity index is 597. The fourth-order valence-electron chi connectivity index (χ4n) is 2.61. The lowest BCUT2D eigenvalue weighted by molar-refractivity contribution is 0.182. The van der Waals surface area contributed by atoms with Crippen LogP contribution in [0, 0.1) is 6.92 Å². The van der Waals surface area contributed by atoms with Crippen LogP contribution < -0.4 is 11.1 Å². The van der Waals surface area contributed by atoms with Crippen molar-refractivity contribution < 1.29 is 0 Å². The molecule has 3 N–H and O–H groups in total. The van der Waals surface area contributed by atoms with Crippen molar-refractivity contribution in [3.05, 3.63) is 10.9 Å². The van der Waals surface area contributed by atoms with Crippen molar-refractivity contribution in [2.24, 2.45) is 0 Å². The van der Waals surface area contributed by atoms with Gasteiger partial charge in [0.2, 0.25) is 5.95 Å². The zero-order valence-electron chi connectivity index (χ0n) is 13.5. The summed E-state index contributed by atoms with van der Waals surface area (Å²) in [6.07, 6.45) is 0. The minimum absolute atomic E-state index is 0.330. The van der Waals surface area contributed by atoms with Gasteiger partial charge in [-0.15, -0.1) is 11.3 Å². The molecule has 6 heteroatoms. The number of fused-ring (bicyclic) bond motifs is 1. The second-order valence-electron chi connectivity index (χ2n) is 5.86. The normalized spacial score (nSPS) is 12.0. The Morgan fingerprint density at radius 2 is 1.90 bits per heavy atom. The molecule has 0 spiro atoms. The third-order valence-corrected chi connectivity index (χ3v) is 4.47. The maximum atomic E-state index is 5.80. The van der Waals surface area contributed by atoms with Gasteiger partial charge < -0.3 is 11.1 Å². The minimum atomic E-state index is 0.330. The molecule has 0 aliphatic rings. The van der Waals surface area contributed by atoms with Crippen molar-refractivity contribution in [2.75, 3.05) is 24.1 Å². The Balaban J connectivity index is 2.09. The first kappa shape index (κ1) is 16.0. The zero-order chi connectivity index (χ0) is 15.6. The molecule has 0 amide bonds. The van der Waals surface area contributed by atoms with Crippen LogP contribution in [0.25, 0.3) is 10.2 Å². The maximum absolute atomic E-state index is 5.80. The molecular formula is C15H25N5S. The first-order valence-electron chi connectivity index (χ1n) is 7.41. The standard InChI is InChI=1S/C15H25N5S/c1-9(2)20(10(3)4)7-6-17-13-12-8-11(5)21-14(12)19-15(16)18-13/h8-10H,6-7H2,1-5H3,(H3,16,17,18,19). The molecule has 0 aliphatic heterocycles. The minimum Gasteiger partial charge on any atom is -0.368 e. The summed E-state index contributed by atoms with van der Waals surface area (Å²) in [5.41, 5.74) is 5.80. The van der Waals surface area contributed by atoms with Crippen molar-refractivity contribution in [2.45, 2.75) is 46.7 Å². The van der Waals surface area contributed by atoms with Gasteiger partial charge in [-0.2, -0.15) is 4.98 Å². The zero-order valence-corrected chi connectivity index (χ0v) is 14.3. The van der Waals surface area contributed by atoms with Gasteiger partial charge >= 0.3 is 0 Å². The molecule has 0 aromatic carbocycles. The van der Waals surface area contributed by atoms with Gasteiger partial charge in [0.05, 0.1) is 5.39 Å². The highest BCUT2D eigenvalue weighted by Gasteiger charge is 2.13. The van der Waals surface area contributed by atoms with Crippen LogP contribution in [0.1, 0.15) is 32.6 Å². The number of thiophene rings is 1. The predicted molar refractivity (Wildman–Crippen MR) is 92.0 cm³/mol. The number of rotatable bonds is 6. The van der Waals surface area contributed by atoms with Gasteiger partial charge in [0.15, 0.2) is 0 Å². The molecule has 5 nitrogen and oxygen atoms in total. The quantitative estimate of drug-likeness (QED) is 0.858. The molecule has 21 heavy (non-hydrogen) atoms. The molecule has 0 atom stereocenters. The molecule has 0 radical (unpaired) electrons. The van der Waals surface area contributed by atoms with Crippen molar-refractivity contribution in [3.8, 4) is 0 Å². The van der Waals surface area contributed by atoms with Crippen LogP contribution in [0.15, 0.2) is 6.07 Å². The van der Waals surface area contributed by atoms with Crippen molar-refractivity contribution in [1.82, 2.24) is 14.9 Å². The number of nitrogens with two attached hydrogens (primary N) is 1. The Morgan fingerprint density at radius 3 is 2.52 bits per heavy atom. The van der Waals surface area contributed by atoms with Crippen molar-refractivity contribution >= 4 is 33.3 Å². The Labute approximate surface area is 130 Å². The van der Waals surface area contributed by atoms with Gasteiger partial charge in [-0.3, -0.25) is 4.90 Å². The third-order valence-electron chi connectivity index (χ3n) is 3.52. The first-order valence-corrected chi connectivity index (χ1v) is 8.23. The van der Waals surface area contributed by atoms with Gasteiger partial charge in [-0.1, -0.05) is 0 Å². The molecule has 0 saturated carbocycles. The van der Waals surface area contributed by atoms with Gasteiger partial charge in [0.25, 0.3) is 0 Å². The number of anilines is 2. The van der Waals surface area contributed by atoms with Gasteiger partial charge in [-0.25, -0.2) is 4.98 Å². The molecule has 2 heterocycles. The second-order valence-corrected chi connectivity index (χ2v) is 7.09. The third kappa shape index (κ3) is 3.83. The van der Waals surface area contributed by atoms with E-state index in [1.807, 2.05) is 0 Å². The largest absolute Gasteiger partial charge is 0.368 e. The van der Waals surface area contributed by atoms with E-state index in [1.54, 1.807) is 11.3 Å². The van der Waals surface area contributed by atoms with E-state index in [4.69, 9.17) is 5.73 Å². The number of aryl methyl sites for hydroxylation is 1. The Morgan fingerprint density at radius 1 is 1.24 bits per heavy atom. The van der Waals surface area contributed by atoms with Crippen LogP contribution in [0.4, 0.5) is 11.8 Å². The van der Waals surface area contributed by atoms with E-state index in [2.05, 4.69) is 60.9 Å². The summed E-state index contributed by atoms with van der Waals surface area (Å²) in [4.78, 5) is 13.3. The lowest BCUT2D eigenvalue weighted by atomic mass is 10.2. The molecule has 2 aromatic heterocycles. The van der Waals surface area contributed by atoms with Crippen LogP contribution in [0.3, 0.4) is 0 Å². The van der Waals surface area contributed by atoms with Crippen LogP contribution >= 0.6 is 11.3 Å². The topological polar surface area (TPSA) is 67.1 Å². The number of aromatic nitrogens is 2. The molecule has 116 valence electrons. The summed E-state index contributed by atoms with van der Waals surface area (Å²) in [6.45, 7) is 12.8. The fourth-order valence-corrected chi connectivity index (χ4v) is 3.50. The SMILES string of the molecule is Cc1cc2c(NCCN(C(C)C)C(C)C)nc(N)nc2s1. The summed E-state index contributed by atoms with van der Waals surface area (Å²) < 4.78 is 0. The molecule has 2 rings (SSSR count). The number of nitrogens with zero attached hydrogens (tertiary/aromatic N) is 3. The van der Waals surface area contributed by atoms with Crippen molar-refractivity contribution in [1.29, 1.82) is 0 Å². The summed E-state index contributed by atoms with van der Waals surface area (Å²) in [6, 6.07) is 3.18. The predicted octanol–water partition coefficient (Wildman–Crippen LogP) is 3.11. The highest BCUT2D eigenvalue weighted by molar-refractivity contribution is 7.18. The molecule has 0 bridgehead atoms. The van der Waals surface area contributed by atoms with Crippen LogP contribution in [0.2, 0.25) is 0 Å². The number of nitrogens with one attached hydrogen (secondary N) is 1. The fraction of sp³-hybridized carbons (Fsp3) is 0.600. The van der Waals surface area contributed by atoms with Crippen LogP contribution in [-0.4, -0.2) is 40.0 Å². The maximum Gasteiger partial charge on any atom is 0.223 e. The molecule has 0 fully saturated rings. The monoisotopic (exact) mass is 307 g/mol. The summed E-state index contributed by atoms with van der Waals surface area (Å²) in [5, 5.41) is 4.48. The summed E-state index contributed by atoms with van der Waals surface area (Å²) >= 11 is 1.65. The van der Waals surface area contributed by atoms with E-state index < -0.39 is 0 Å². The molecule has 0 aliphatic carbocycles. The second kappa shape index (κ2) is 6.58. The van der Waals surface area contributed by atoms with Gasteiger partial charge in [0, 0.05) is 30.1 Å². The van der Waals surface area contributed by atoms with E-state index in [1.165, 1.54) is 4.88 Å². The van der Waals surface area contributed by atoms with Crippen molar-refractivity contribution in [3.63, 3.8) is 0 Å². The van der Waals surface area contributed by atoms with E-state index in [0.717, 1.165) is 29.1 Å². The highest BCUT2D eigenvalue weighted by Crippen LogP contribution is 2.28. The van der Waals surface area contributed by atoms with Gasteiger partial charge in [0.1, 0.15) is 10.6 Å². The Hall–Kier alpha value is -1.40. The van der Waals surface area contributed by atoms with E-state index in [-0.39, 0.29) is 0 Å². The summed E-state index contributed by atoms with van der Waals surface area (Å²) in [5.74, 6) is 1.17. The smallest absolute Gasteiger partial charge is 0.223 e. The lowest BCUT2D eigenvalue weighted by Gasteiger charge is -2.30. The van der Waals surface area contributed by atoms with E-state index >= 15 is 0 Å². The van der Waals surface area contributed by atoms with E-state index in [0.29, 0.717) is 18.0 Å². The van der Waals surface area contributed by atoms with Gasteiger partial charge in [-0.05, 0) is 40.7 Å². The molecular weight excluding hydrogens is 282 g/mol. The van der Waals surface area contributed by atoms with Crippen LogP contribution in [0.5, 0.6) is 0 Å². The summed E-state index contributed by atoms with van der Waals surface area (Å²) in [7, 11) is 0. The highest BCUT2D eigenvalue weighted by atomic mass is 32.1. The molecule has 2 aromatic rings. The lowest BCUT2D eigenvalue weighted by Crippen LogP contribution is -2.40.